The molecule has 0 spiro atoms. The molecule has 1 aromatic rings. The molecule has 1 saturated heterocycles. The first-order chi connectivity index (χ1) is 9.15. The summed E-state index contributed by atoms with van der Waals surface area (Å²) in [6.45, 7) is 4.18. The zero-order valence-electron chi connectivity index (χ0n) is 11.7. The third-order valence-corrected chi connectivity index (χ3v) is 4.10. The maximum absolute atomic E-state index is 13.4. The van der Waals surface area contributed by atoms with E-state index in [0.29, 0.717) is 5.92 Å². The Kier molecular flexibility index (Phi) is 4.77. The maximum Gasteiger partial charge on any atom is 0.123 e. The van der Waals surface area contributed by atoms with Crippen molar-refractivity contribution in [2.75, 3.05) is 31.6 Å². The first kappa shape index (κ1) is 14.3. The van der Waals surface area contributed by atoms with E-state index in [0.717, 1.165) is 37.2 Å². The molecule has 0 aromatic heterocycles. The van der Waals surface area contributed by atoms with Gasteiger partial charge in [0.1, 0.15) is 5.82 Å². The Balaban J connectivity index is 2.20. The number of hydrogen-bond donors (Lipinski definition) is 2. The molecule has 1 aromatic carbocycles. The van der Waals surface area contributed by atoms with Crippen molar-refractivity contribution in [3.8, 4) is 0 Å². The molecule has 0 amide bonds. The summed E-state index contributed by atoms with van der Waals surface area (Å²) in [7, 11) is 1.89. The van der Waals surface area contributed by atoms with Crippen molar-refractivity contribution in [3.63, 3.8) is 0 Å². The average molecular weight is 266 g/mol. The molecule has 2 N–H and O–H groups in total. The lowest BCUT2D eigenvalue weighted by atomic mass is 9.96. The van der Waals surface area contributed by atoms with Gasteiger partial charge in [0, 0.05) is 31.4 Å². The van der Waals surface area contributed by atoms with Crippen molar-refractivity contribution >= 4 is 5.69 Å². The highest BCUT2D eigenvalue weighted by atomic mass is 19.1. The molecule has 0 saturated carbocycles. The highest BCUT2D eigenvalue weighted by molar-refractivity contribution is 5.55. The molecule has 1 atom stereocenters. The van der Waals surface area contributed by atoms with Gasteiger partial charge in [-0.15, -0.1) is 0 Å². The lowest BCUT2D eigenvalue weighted by Gasteiger charge is -2.35. The first-order valence-corrected chi connectivity index (χ1v) is 6.98. The van der Waals surface area contributed by atoms with E-state index in [1.54, 1.807) is 6.07 Å². The van der Waals surface area contributed by atoms with Crippen LogP contribution >= 0.6 is 0 Å². The lowest BCUT2D eigenvalue weighted by Crippen LogP contribution is -2.35. The molecular formula is C15H23FN2O. The summed E-state index contributed by atoms with van der Waals surface area (Å²) in [5.74, 6) is 0.230. The molecule has 0 aliphatic carbocycles. The standard InChI is InChI=1S/C15H23FN2O/c1-11(17-2)14-9-13(16)3-4-15(14)18-7-5-12(10-19)6-8-18/h3-4,9,11-12,17,19H,5-8,10H2,1-2H3. The maximum atomic E-state index is 13.4. The Morgan fingerprint density at radius 1 is 1.42 bits per heavy atom. The van der Waals surface area contributed by atoms with Gasteiger partial charge in [0.25, 0.3) is 0 Å². The summed E-state index contributed by atoms with van der Waals surface area (Å²) in [5.41, 5.74) is 2.12. The molecule has 19 heavy (non-hydrogen) atoms. The number of hydrogen-bond acceptors (Lipinski definition) is 3. The average Bonchev–Trinajstić information content (AvgIpc) is 2.46. The molecule has 1 aliphatic rings. The van der Waals surface area contributed by atoms with Crippen molar-refractivity contribution in [2.45, 2.75) is 25.8 Å². The number of aliphatic hydroxyl groups excluding tert-OH is 1. The van der Waals surface area contributed by atoms with Gasteiger partial charge in [0.2, 0.25) is 0 Å². The van der Waals surface area contributed by atoms with E-state index in [9.17, 15) is 9.50 Å². The highest BCUT2D eigenvalue weighted by Crippen LogP contribution is 2.30. The van der Waals surface area contributed by atoms with E-state index in [-0.39, 0.29) is 18.5 Å². The van der Waals surface area contributed by atoms with Crippen molar-refractivity contribution in [2.24, 2.45) is 5.92 Å². The number of aliphatic hydroxyl groups is 1. The molecule has 1 unspecified atom stereocenters. The van der Waals surface area contributed by atoms with Gasteiger partial charge in [-0.1, -0.05) is 0 Å². The zero-order chi connectivity index (χ0) is 13.8. The second-order valence-corrected chi connectivity index (χ2v) is 5.33. The van der Waals surface area contributed by atoms with Gasteiger partial charge in [-0.2, -0.15) is 0 Å². The Labute approximate surface area is 114 Å². The third-order valence-electron chi connectivity index (χ3n) is 4.10. The Morgan fingerprint density at radius 2 is 2.11 bits per heavy atom. The van der Waals surface area contributed by atoms with Crippen LogP contribution < -0.4 is 10.2 Å². The van der Waals surface area contributed by atoms with E-state index in [1.807, 2.05) is 20.0 Å². The van der Waals surface area contributed by atoms with Crippen molar-refractivity contribution < 1.29 is 9.50 Å². The minimum Gasteiger partial charge on any atom is -0.396 e. The van der Waals surface area contributed by atoms with Crippen LogP contribution in [-0.4, -0.2) is 31.9 Å². The molecule has 1 heterocycles. The fraction of sp³-hybridized carbons (Fsp3) is 0.600. The van der Waals surface area contributed by atoms with Gasteiger partial charge >= 0.3 is 0 Å². The Morgan fingerprint density at radius 3 is 2.68 bits per heavy atom. The monoisotopic (exact) mass is 266 g/mol. The molecule has 1 aliphatic heterocycles. The number of rotatable bonds is 4. The van der Waals surface area contributed by atoms with Gasteiger partial charge in [-0.05, 0) is 56.5 Å². The molecule has 0 bridgehead atoms. The second kappa shape index (κ2) is 6.35. The Hall–Kier alpha value is -1.13. The van der Waals surface area contributed by atoms with Gasteiger partial charge in [0.05, 0.1) is 0 Å². The number of nitrogens with one attached hydrogen (secondary N) is 1. The number of piperidine rings is 1. The summed E-state index contributed by atoms with van der Waals surface area (Å²) in [5, 5.41) is 12.4. The van der Waals surface area contributed by atoms with Crippen LogP contribution in [0, 0.1) is 11.7 Å². The number of anilines is 1. The fourth-order valence-electron chi connectivity index (χ4n) is 2.67. The van der Waals surface area contributed by atoms with E-state index >= 15 is 0 Å². The van der Waals surface area contributed by atoms with E-state index in [1.165, 1.54) is 6.07 Å². The van der Waals surface area contributed by atoms with Crippen LogP contribution in [0.1, 0.15) is 31.4 Å². The first-order valence-electron chi connectivity index (χ1n) is 6.98. The largest absolute Gasteiger partial charge is 0.396 e. The summed E-state index contributed by atoms with van der Waals surface area (Å²) in [6, 6.07) is 5.15. The summed E-state index contributed by atoms with van der Waals surface area (Å²) >= 11 is 0. The molecule has 4 heteroatoms. The molecule has 2 rings (SSSR count). The topological polar surface area (TPSA) is 35.5 Å². The van der Waals surface area contributed by atoms with Gasteiger partial charge in [-0.25, -0.2) is 4.39 Å². The zero-order valence-corrected chi connectivity index (χ0v) is 11.7. The number of benzene rings is 1. The lowest BCUT2D eigenvalue weighted by molar-refractivity contribution is 0.203. The van der Waals surface area contributed by atoms with E-state index in [4.69, 9.17) is 0 Å². The molecule has 106 valence electrons. The minimum absolute atomic E-state index is 0.126. The van der Waals surface area contributed by atoms with Crippen molar-refractivity contribution in [1.82, 2.24) is 5.32 Å². The van der Waals surface area contributed by atoms with Crippen LogP contribution in [0.15, 0.2) is 18.2 Å². The van der Waals surface area contributed by atoms with Gasteiger partial charge < -0.3 is 15.3 Å². The van der Waals surface area contributed by atoms with Crippen molar-refractivity contribution in [1.29, 1.82) is 0 Å². The molecule has 3 nitrogen and oxygen atoms in total. The number of halogens is 1. The predicted molar refractivity (Wildman–Crippen MR) is 75.9 cm³/mol. The SMILES string of the molecule is CNC(C)c1cc(F)ccc1N1CCC(CO)CC1. The predicted octanol–water partition coefficient (Wildman–Crippen LogP) is 2.31. The quantitative estimate of drug-likeness (QED) is 0.878. The van der Waals surface area contributed by atoms with Crippen LogP contribution in [0.3, 0.4) is 0 Å². The van der Waals surface area contributed by atoms with E-state index in [2.05, 4.69) is 10.2 Å². The van der Waals surface area contributed by atoms with Gasteiger partial charge in [-0.3, -0.25) is 0 Å². The third kappa shape index (κ3) is 3.25. The van der Waals surface area contributed by atoms with Crippen LogP contribution in [-0.2, 0) is 0 Å². The smallest absolute Gasteiger partial charge is 0.123 e. The molecule has 0 radical (unpaired) electrons. The van der Waals surface area contributed by atoms with Crippen LogP contribution in [0.4, 0.5) is 10.1 Å². The molecular weight excluding hydrogens is 243 g/mol. The van der Waals surface area contributed by atoms with Crippen LogP contribution in [0.5, 0.6) is 0 Å². The normalized spacial score (nSPS) is 18.6. The minimum atomic E-state index is -0.189. The summed E-state index contributed by atoms with van der Waals surface area (Å²) < 4.78 is 13.4. The fourth-order valence-corrected chi connectivity index (χ4v) is 2.67. The van der Waals surface area contributed by atoms with Gasteiger partial charge in [0.15, 0.2) is 0 Å². The highest BCUT2D eigenvalue weighted by Gasteiger charge is 2.22. The summed E-state index contributed by atoms with van der Waals surface area (Å²) in [4.78, 5) is 2.30. The number of nitrogens with zero attached hydrogens (tertiary/aromatic N) is 1. The molecule has 1 fully saturated rings. The van der Waals surface area contributed by atoms with Crippen LogP contribution in [0.2, 0.25) is 0 Å². The van der Waals surface area contributed by atoms with E-state index < -0.39 is 0 Å². The van der Waals surface area contributed by atoms with Crippen LogP contribution in [0.25, 0.3) is 0 Å². The Bertz CT molecular complexity index is 417. The second-order valence-electron chi connectivity index (χ2n) is 5.33. The van der Waals surface area contributed by atoms with Crippen molar-refractivity contribution in [3.05, 3.63) is 29.6 Å². The summed E-state index contributed by atoms with van der Waals surface area (Å²) in [6.07, 6.45) is 2.00.